The van der Waals surface area contributed by atoms with E-state index in [1.807, 2.05) is 72.8 Å². The van der Waals surface area contributed by atoms with Crippen LogP contribution >= 0.6 is 0 Å². The van der Waals surface area contributed by atoms with E-state index in [0.29, 0.717) is 6.42 Å². The van der Waals surface area contributed by atoms with Crippen molar-refractivity contribution in [1.29, 1.82) is 0 Å². The smallest absolute Gasteiger partial charge is 0.160 e. The molecule has 5 rings (SSSR count). The maximum atomic E-state index is 10.6. The molecule has 4 heteroatoms. The Morgan fingerprint density at radius 2 is 1.30 bits per heavy atom. The second kappa shape index (κ2) is 9.63. The minimum absolute atomic E-state index is 0.0147. The number of benzene rings is 3. The lowest BCUT2D eigenvalue weighted by molar-refractivity contribution is 0.229. The highest BCUT2D eigenvalue weighted by molar-refractivity contribution is 5.82. The number of rotatable bonds is 7. The highest BCUT2D eigenvalue weighted by Gasteiger charge is 2.26. The lowest BCUT2D eigenvalue weighted by Gasteiger charge is -2.22. The van der Waals surface area contributed by atoms with Gasteiger partial charge < -0.3 is 9.67 Å². The van der Waals surface area contributed by atoms with Crippen molar-refractivity contribution in [2.45, 2.75) is 12.5 Å². The Hall–Kier alpha value is -4.02. The summed E-state index contributed by atoms with van der Waals surface area (Å²) in [5.74, 6) is 0.753. The van der Waals surface area contributed by atoms with Gasteiger partial charge in [0.15, 0.2) is 5.82 Å². The molecular weight excluding hydrogens is 406 g/mol. The molecule has 1 atom stereocenters. The molecule has 2 heterocycles. The van der Waals surface area contributed by atoms with Gasteiger partial charge in [-0.3, -0.25) is 4.98 Å². The third-order valence-corrected chi connectivity index (χ3v) is 5.79. The fourth-order valence-corrected chi connectivity index (χ4v) is 4.26. The molecule has 0 aliphatic rings. The van der Waals surface area contributed by atoms with E-state index in [9.17, 15) is 5.11 Å². The van der Waals surface area contributed by atoms with Gasteiger partial charge in [-0.2, -0.15) is 0 Å². The number of nitrogens with zero attached hydrogens (tertiary/aromatic N) is 3. The lowest BCUT2D eigenvalue weighted by Crippen LogP contribution is -2.18. The molecule has 1 unspecified atom stereocenters. The molecule has 0 amide bonds. The molecule has 0 aliphatic carbocycles. The minimum Gasteiger partial charge on any atom is -0.394 e. The fraction of sp³-hybridized carbons (Fsp3) is 0.103. The van der Waals surface area contributed by atoms with Crippen LogP contribution in [0.3, 0.4) is 0 Å². The molecule has 3 aromatic carbocycles. The summed E-state index contributed by atoms with van der Waals surface area (Å²) in [5.41, 5.74) is 5.90. The zero-order valence-electron chi connectivity index (χ0n) is 18.3. The van der Waals surface area contributed by atoms with E-state index in [0.717, 1.165) is 39.6 Å². The second-order valence-electron chi connectivity index (χ2n) is 7.98. The van der Waals surface area contributed by atoms with Crippen LogP contribution in [0.5, 0.6) is 0 Å². The first-order valence-electron chi connectivity index (χ1n) is 11.1. The molecular formula is C29H25N3O. The molecule has 0 saturated heterocycles. The zero-order valence-corrected chi connectivity index (χ0v) is 18.3. The first-order chi connectivity index (χ1) is 16.3. The fourth-order valence-electron chi connectivity index (χ4n) is 4.26. The molecule has 5 aromatic rings. The molecule has 0 aliphatic heterocycles. The Balaban J connectivity index is 1.78. The van der Waals surface area contributed by atoms with Gasteiger partial charge in [0.05, 0.1) is 24.0 Å². The van der Waals surface area contributed by atoms with Gasteiger partial charge in [0, 0.05) is 17.3 Å². The van der Waals surface area contributed by atoms with Crippen LogP contribution in [0.1, 0.15) is 11.6 Å². The van der Waals surface area contributed by atoms with Crippen LogP contribution < -0.4 is 0 Å². The van der Waals surface area contributed by atoms with Crippen molar-refractivity contribution in [3.8, 4) is 34.0 Å². The monoisotopic (exact) mass is 431 g/mol. The van der Waals surface area contributed by atoms with Gasteiger partial charge >= 0.3 is 0 Å². The van der Waals surface area contributed by atoms with Crippen LogP contribution in [-0.4, -0.2) is 26.2 Å². The van der Waals surface area contributed by atoms with Crippen molar-refractivity contribution < 1.29 is 5.11 Å². The van der Waals surface area contributed by atoms with E-state index in [2.05, 4.69) is 45.9 Å². The first-order valence-corrected chi connectivity index (χ1v) is 11.1. The van der Waals surface area contributed by atoms with Crippen LogP contribution in [0.25, 0.3) is 34.0 Å². The average Bonchev–Trinajstić information content (AvgIpc) is 3.30. The predicted octanol–water partition coefficient (Wildman–Crippen LogP) is 6.06. The summed E-state index contributed by atoms with van der Waals surface area (Å²) in [6.07, 6.45) is 2.46. The van der Waals surface area contributed by atoms with Gasteiger partial charge in [-0.1, -0.05) is 97.1 Å². The normalized spacial score (nSPS) is 11.9. The van der Waals surface area contributed by atoms with Crippen LogP contribution in [0.2, 0.25) is 0 Å². The summed E-state index contributed by atoms with van der Waals surface area (Å²) in [7, 11) is 0. The molecule has 33 heavy (non-hydrogen) atoms. The van der Waals surface area contributed by atoms with E-state index < -0.39 is 0 Å². The average molecular weight is 432 g/mol. The number of hydrogen-bond acceptors (Lipinski definition) is 3. The van der Waals surface area contributed by atoms with Crippen molar-refractivity contribution >= 4 is 0 Å². The molecule has 4 nitrogen and oxygen atoms in total. The van der Waals surface area contributed by atoms with E-state index >= 15 is 0 Å². The SMILES string of the molecule is OCC(Cc1ccccc1)n1c(-c2ccccn2)nc(-c2ccccc2)c1-c1ccccc1. The highest BCUT2D eigenvalue weighted by atomic mass is 16.3. The van der Waals surface area contributed by atoms with E-state index in [-0.39, 0.29) is 12.6 Å². The second-order valence-corrected chi connectivity index (χ2v) is 7.98. The molecule has 0 spiro atoms. The van der Waals surface area contributed by atoms with Gasteiger partial charge in [-0.15, -0.1) is 0 Å². The zero-order chi connectivity index (χ0) is 22.5. The Kier molecular flexibility index (Phi) is 6.09. The summed E-state index contributed by atoms with van der Waals surface area (Å²) >= 11 is 0. The topological polar surface area (TPSA) is 50.9 Å². The third kappa shape index (κ3) is 4.34. The summed E-state index contributed by atoms with van der Waals surface area (Å²) in [6.45, 7) is -0.0147. The Bertz CT molecular complexity index is 1300. The van der Waals surface area contributed by atoms with Crippen molar-refractivity contribution in [1.82, 2.24) is 14.5 Å². The Labute approximate surface area is 193 Å². The molecule has 1 N–H and O–H groups in total. The molecule has 0 fully saturated rings. The number of aromatic nitrogens is 3. The summed E-state index contributed by atoms with van der Waals surface area (Å²) < 4.78 is 2.17. The standard InChI is InChI=1S/C29H25N3O/c33-21-25(20-22-12-4-1-5-13-22)32-28(24-16-8-3-9-17-24)27(23-14-6-2-7-15-23)31-29(32)26-18-10-11-19-30-26/h1-19,25,33H,20-21H2. The van der Waals surface area contributed by atoms with E-state index in [1.54, 1.807) is 6.20 Å². The quantitative estimate of drug-likeness (QED) is 0.341. The third-order valence-electron chi connectivity index (χ3n) is 5.79. The van der Waals surface area contributed by atoms with Crippen molar-refractivity contribution in [2.75, 3.05) is 6.61 Å². The number of pyridine rings is 1. The van der Waals surface area contributed by atoms with Crippen LogP contribution in [0, 0.1) is 0 Å². The predicted molar refractivity (Wildman–Crippen MR) is 133 cm³/mol. The Morgan fingerprint density at radius 3 is 1.91 bits per heavy atom. The van der Waals surface area contributed by atoms with Crippen LogP contribution in [-0.2, 0) is 6.42 Å². The molecule has 162 valence electrons. The largest absolute Gasteiger partial charge is 0.394 e. The summed E-state index contributed by atoms with van der Waals surface area (Å²) in [5, 5.41) is 10.6. The maximum Gasteiger partial charge on any atom is 0.160 e. The molecule has 0 saturated carbocycles. The number of imidazole rings is 1. The number of aliphatic hydroxyl groups excluding tert-OH is 1. The van der Waals surface area contributed by atoms with Gasteiger partial charge in [0.25, 0.3) is 0 Å². The van der Waals surface area contributed by atoms with Crippen LogP contribution in [0.4, 0.5) is 0 Å². The number of hydrogen-bond donors (Lipinski definition) is 1. The van der Waals surface area contributed by atoms with Gasteiger partial charge in [0.1, 0.15) is 5.69 Å². The first kappa shape index (κ1) is 20.9. The summed E-state index contributed by atoms with van der Waals surface area (Å²) in [6, 6.07) is 36.4. The van der Waals surface area contributed by atoms with E-state index in [1.165, 1.54) is 0 Å². The van der Waals surface area contributed by atoms with Gasteiger partial charge in [0.2, 0.25) is 0 Å². The maximum absolute atomic E-state index is 10.6. The Morgan fingerprint density at radius 1 is 0.697 bits per heavy atom. The van der Waals surface area contributed by atoms with Crippen LogP contribution in [0.15, 0.2) is 115 Å². The molecule has 0 bridgehead atoms. The molecule has 2 aromatic heterocycles. The summed E-state index contributed by atoms with van der Waals surface area (Å²) in [4.78, 5) is 9.74. The highest BCUT2D eigenvalue weighted by Crippen LogP contribution is 2.38. The van der Waals surface area contributed by atoms with Crippen molar-refractivity contribution in [2.24, 2.45) is 0 Å². The van der Waals surface area contributed by atoms with Gasteiger partial charge in [-0.05, 0) is 24.1 Å². The minimum atomic E-state index is -0.204. The van der Waals surface area contributed by atoms with Gasteiger partial charge in [-0.25, -0.2) is 4.98 Å². The lowest BCUT2D eigenvalue weighted by atomic mass is 10.0. The molecule has 0 radical (unpaired) electrons. The number of aliphatic hydroxyl groups is 1. The van der Waals surface area contributed by atoms with E-state index in [4.69, 9.17) is 4.98 Å². The van der Waals surface area contributed by atoms with Crippen molar-refractivity contribution in [3.63, 3.8) is 0 Å². The van der Waals surface area contributed by atoms with Crippen molar-refractivity contribution in [3.05, 3.63) is 121 Å².